The van der Waals surface area contributed by atoms with Crippen LogP contribution in [0.4, 0.5) is 0 Å². The third kappa shape index (κ3) is 2.92. The van der Waals surface area contributed by atoms with E-state index < -0.39 is 0 Å². The van der Waals surface area contributed by atoms with Gasteiger partial charge in [-0.15, -0.1) is 11.3 Å². The molecule has 4 nitrogen and oxygen atoms in total. The maximum atomic E-state index is 11.9. The molecule has 2 heterocycles. The number of carbonyl (C=O) groups is 1. The molecule has 5 heteroatoms. The van der Waals surface area contributed by atoms with Gasteiger partial charge in [-0.2, -0.15) is 0 Å². The highest BCUT2D eigenvalue weighted by atomic mass is 32.1. The van der Waals surface area contributed by atoms with Gasteiger partial charge < -0.3 is 5.32 Å². The zero-order valence-corrected chi connectivity index (χ0v) is 11.2. The van der Waals surface area contributed by atoms with Crippen molar-refractivity contribution in [3.63, 3.8) is 0 Å². The van der Waals surface area contributed by atoms with Gasteiger partial charge >= 0.3 is 0 Å². The molecule has 2 aromatic rings. The Kier molecular flexibility index (Phi) is 3.72. The van der Waals surface area contributed by atoms with Gasteiger partial charge in [-0.3, -0.25) is 9.78 Å². The summed E-state index contributed by atoms with van der Waals surface area (Å²) in [6.07, 6.45) is 4.53. The van der Waals surface area contributed by atoms with E-state index in [0.29, 0.717) is 12.2 Å². The average Bonchev–Trinajstić information content (AvgIpc) is 2.92. The topological polar surface area (TPSA) is 54.9 Å². The molecule has 0 unspecified atom stereocenters. The lowest BCUT2D eigenvalue weighted by atomic mass is 9.91. The Morgan fingerprint density at radius 1 is 1.44 bits per heavy atom. The predicted molar refractivity (Wildman–Crippen MR) is 71.7 cm³/mol. The number of nitrogens with one attached hydrogen (secondary N) is 1. The van der Waals surface area contributed by atoms with Gasteiger partial charge in [0.05, 0.1) is 6.20 Å². The van der Waals surface area contributed by atoms with E-state index in [0.717, 1.165) is 0 Å². The fraction of sp³-hybridized carbons (Fsp3) is 0.308. The number of hydrogen-bond acceptors (Lipinski definition) is 4. The summed E-state index contributed by atoms with van der Waals surface area (Å²) in [4.78, 5) is 21.0. The molecule has 0 atom stereocenters. The van der Waals surface area contributed by atoms with Crippen LogP contribution in [0.25, 0.3) is 0 Å². The maximum Gasteiger partial charge on any atom is 0.271 e. The van der Waals surface area contributed by atoms with E-state index in [1.165, 1.54) is 17.3 Å². The van der Waals surface area contributed by atoms with Crippen LogP contribution in [-0.2, 0) is 5.41 Å². The molecular formula is C13H15N3OS. The molecule has 94 valence electrons. The second-order valence-corrected chi connectivity index (χ2v) is 5.58. The van der Waals surface area contributed by atoms with Crippen LogP contribution in [0.3, 0.4) is 0 Å². The summed E-state index contributed by atoms with van der Waals surface area (Å²) in [7, 11) is 0. The average molecular weight is 261 g/mol. The van der Waals surface area contributed by atoms with Gasteiger partial charge in [-0.25, -0.2) is 4.98 Å². The summed E-state index contributed by atoms with van der Waals surface area (Å²) in [5, 5.41) is 4.94. The lowest BCUT2D eigenvalue weighted by Gasteiger charge is -2.23. The van der Waals surface area contributed by atoms with Gasteiger partial charge in [0, 0.05) is 29.2 Å². The van der Waals surface area contributed by atoms with Gasteiger partial charge in [-0.05, 0) is 11.4 Å². The van der Waals surface area contributed by atoms with Crippen LogP contribution >= 0.6 is 11.3 Å². The summed E-state index contributed by atoms with van der Waals surface area (Å²) in [6, 6.07) is 4.10. The van der Waals surface area contributed by atoms with E-state index in [1.54, 1.807) is 17.5 Å². The molecule has 0 bridgehead atoms. The van der Waals surface area contributed by atoms with Crippen LogP contribution < -0.4 is 5.32 Å². The molecule has 0 saturated carbocycles. The summed E-state index contributed by atoms with van der Waals surface area (Å²) >= 11 is 1.70. The maximum absolute atomic E-state index is 11.9. The van der Waals surface area contributed by atoms with Crippen molar-refractivity contribution in [2.45, 2.75) is 19.3 Å². The van der Waals surface area contributed by atoms with E-state index in [1.807, 2.05) is 11.4 Å². The zero-order chi connectivity index (χ0) is 13.0. The number of rotatable bonds is 4. The first-order valence-electron chi connectivity index (χ1n) is 5.68. The molecule has 0 aromatic carbocycles. The highest BCUT2D eigenvalue weighted by Crippen LogP contribution is 2.26. The van der Waals surface area contributed by atoms with Gasteiger partial charge in [0.2, 0.25) is 0 Å². The molecule has 0 saturated heterocycles. The summed E-state index contributed by atoms with van der Waals surface area (Å²) in [5.41, 5.74) is 0.269. The van der Waals surface area contributed by atoms with E-state index >= 15 is 0 Å². The smallest absolute Gasteiger partial charge is 0.271 e. The van der Waals surface area contributed by atoms with Crippen LogP contribution in [0.15, 0.2) is 36.1 Å². The number of aromatic nitrogens is 2. The highest BCUT2D eigenvalue weighted by Gasteiger charge is 2.22. The van der Waals surface area contributed by atoms with E-state index in [2.05, 4.69) is 35.2 Å². The second kappa shape index (κ2) is 5.27. The molecule has 0 radical (unpaired) electrons. The van der Waals surface area contributed by atoms with Gasteiger partial charge in [0.1, 0.15) is 5.69 Å². The molecule has 2 rings (SSSR count). The minimum atomic E-state index is -0.187. The molecular weight excluding hydrogens is 246 g/mol. The molecule has 0 spiro atoms. The molecule has 18 heavy (non-hydrogen) atoms. The Hall–Kier alpha value is -1.75. The van der Waals surface area contributed by atoms with E-state index in [-0.39, 0.29) is 11.3 Å². The van der Waals surface area contributed by atoms with Crippen molar-refractivity contribution in [1.29, 1.82) is 0 Å². The van der Waals surface area contributed by atoms with Crippen LogP contribution in [0.1, 0.15) is 29.2 Å². The monoisotopic (exact) mass is 261 g/mol. The first-order chi connectivity index (χ1) is 8.59. The third-order valence-electron chi connectivity index (χ3n) is 2.67. The Balaban J connectivity index is 1.98. The quantitative estimate of drug-likeness (QED) is 0.918. The molecule has 0 aliphatic heterocycles. The van der Waals surface area contributed by atoms with Gasteiger partial charge in [-0.1, -0.05) is 19.9 Å². The molecule has 0 fully saturated rings. The fourth-order valence-corrected chi connectivity index (χ4v) is 2.41. The summed E-state index contributed by atoms with van der Waals surface area (Å²) in [5.74, 6) is -0.187. The minimum Gasteiger partial charge on any atom is -0.350 e. The number of amides is 1. The lowest BCUT2D eigenvalue weighted by molar-refractivity contribution is 0.0940. The number of carbonyl (C=O) groups excluding carboxylic acids is 1. The first-order valence-corrected chi connectivity index (χ1v) is 6.56. The normalized spacial score (nSPS) is 11.2. The van der Waals surface area contributed by atoms with Crippen molar-refractivity contribution in [1.82, 2.24) is 15.3 Å². The van der Waals surface area contributed by atoms with Crippen molar-refractivity contribution >= 4 is 17.2 Å². The minimum absolute atomic E-state index is 0.0773. The molecule has 1 amide bonds. The summed E-state index contributed by atoms with van der Waals surface area (Å²) in [6.45, 7) is 4.79. The highest BCUT2D eigenvalue weighted by molar-refractivity contribution is 7.10. The van der Waals surface area contributed by atoms with Gasteiger partial charge in [0.25, 0.3) is 5.91 Å². The molecule has 1 N–H and O–H groups in total. The Bertz CT molecular complexity index is 508. The third-order valence-corrected chi connectivity index (χ3v) is 3.91. The standard InChI is InChI=1S/C13H15N3OS/c1-13(2,11-4-3-7-18-11)9-16-12(17)10-8-14-5-6-15-10/h3-8H,9H2,1-2H3,(H,16,17). The second-order valence-electron chi connectivity index (χ2n) is 4.63. The number of hydrogen-bond donors (Lipinski definition) is 1. The summed E-state index contributed by atoms with van der Waals surface area (Å²) < 4.78 is 0. The number of nitrogens with zero attached hydrogens (tertiary/aromatic N) is 2. The predicted octanol–water partition coefficient (Wildman–Crippen LogP) is 2.25. The largest absolute Gasteiger partial charge is 0.350 e. The number of thiophene rings is 1. The molecule has 0 aliphatic carbocycles. The molecule has 0 aliphatic rings. The van der Waals surface area contributed by atoms with Crippen molar-refractivity contribution in [3.8, 4) is 0 Å². The van der Waals surface area contributed by atoms with Crippen LogP contribution in [0.5, 0.6) is 0 Å². The van der Waals surface area contributed by atoms with Gasteiger partial charge in [0.15, 0.2) is 0 Å². The SMILES string of the molecule is CC(C)(CNC(=O)c1cnccn1)c1cccs1. The van der Waals surface area contributed by atoms with Crippen molar-refractivity contribution in [2.75, 3.05) is 6.54 Å². The van der Waals surface area contributed by atoms with E-state index in [9.17, 15) is 4.79 Å². The van der Waals surface area contributed by atoms with Crippen LogP contribution in [-0.4, -0.2) is 22.4 Å². The lowest BCUT2D eigenvalue weighted by Crippen LogP contribution is -2.36. The first kappa shape index (κ1) is 12.7. The Morgan fingerprint density at radius 3 is 2.89 bits per heavy atom. The van der Waals surface area contributed by atoms with Crippen molar-refractivity contribution in [2.24, 2.45) is 0 Å². The zero-order valence-electron chi connectivity index (χ0n) is 10.4. The van der Waals surface area contributed by atoms with Crippen molar-refractivity contribution in [3.05, 3.63) is 46.7 Å². The van der Waals surface area contributed by atoms with Crippen molar-refractivity contribution < 1.29 is 4.79 Å². The van der Waals surface area contributed by atoms with Crippen LogP contribution in [0, 0.1) is 0 Å². The Morgan fingerprint density at radius 2 is 2.28 bits per heavy atom. The fourth-order valence-electron chi connectivity index (χ4n) is 1.56. The molecule has 2 aromatic heterocycles. The Labute approximate surface area is 110 Å². The van der Waals surface area contributed by atoms with Crippen LogP contribution in [0.2, 0.25) is 0 Å². The van der Waals surface area contributed by atoms with E-state index in [4.69, 9.17) is 0 Å².